The number of nitrogens with zero attached hydrogens (tertiary/aromatic N) is 1. The molecule has 1 N–H and O–H groups in total. The molecule has 2 fully saturated rings. The van der Waals surface area contributed by atoms with Gasteiger partial charge in [0.25, 0.3) is 0 Å². The first-order chi connectivity index (χ1) is 7.40. The van der Waals surface area contributed by atoms with Gasteiger partial charge in [-0.1, -0.05) is 26.2 Å². The summed E-state index contributed by atoms with van der Waals surface area (Å²) in [5.41, 5.74) is 0. The predicted molar refractivity (Wildman–Crippen MR) is 65.1 cm³/mol. The van der Waals surface area contributed by atoms with Gasteiger partial charge in [-0.25, -0.2) is 0 Å². The molecule has 0 saturated carbocycles. The van der Waals surface area contributed by atoms with Crippen molar-refractivity contribution in [3.05, 3.63) is 0 Å². The van der Waals surface area contributed by atoms with Crippen LogP contribution in [0.4, 0.5) is 0 Å². The third kappa shape index (κ3) is 3.18. The van der Waals surface area contributed by atoms with Crippen LogP contribution in [0.3, 0.4) is 0 Å². The molecule has 0 aromatic rings. The van der Waals surface area contributed by atoms with Crippen molar-refractivity contribution in [3.8, 4) is 0 Å². The normalized spacial score (nSPS) is 31.8. The average molecular weight is 210 g/mol. The van der Waals surface area contributed by atoms with Crippen LogP contribution >= 0.6 is 0 Å². The fourth-order valence-corrected chi connectivity index (χ4v) is 3.06. The molecule has 2 nitrogen and oxygen atoms in total. The summed E-state index contributed by atoms with van der Waals surface area (Å²) in [6.07, 6.45) is 8.46. The Bertz CT molecular complexity index is 181. The Labute approximate surface area is 94.4 Å². The highest BCUT2D eigenvalue weighted by Crippen LogP contribution is 2.25. The van der Waals surface area contributed by atoms with E-state index in [1.54, 1.807) is 0 Å². The Hall–Kier alpha value is -0.0800. The Balaban J connectivity index is 1.62. The molecule has 0 aliphatic carbocycles. The Morgan fingerprint density at radius 2 is 2.13 bits per heavy atom. The summed E-state index contributed by atoms with van der Waals surface area (Å²) < 4.78 is 0. The molecule has 2 aliphatic heterocycles. The zero-order valence-corrected chi connectivity index (χ0v) is 10.2. The second-order valence-electron chi connectivity index (χ2n) is 5.26. The molecule has 0 amide bonds. The third-order valence-corrected chi connectivity index (χ3v) is 4.09. The smallest absolute Gasteiger partial charge is 0.0224 e. The lowest BCUT2D eigenvalue weighted by molar-refractivity contribution is 0.164. The molecule has 2 atom stereocenters. The van der Waals surface area contributed by atoms with Crippen LogP contribution in [-0.4, -0.2) is 37.1 Å². The van der Waals surface area contributed by atoms with Crippen LogP contribution in [0.5, 0.6) is 0 Å². The van der Waals surface area contributed by atoms with E-state index in [1.165, 1.54) is 64.7 Å². The zero-order chi connectivity index (χ0) is 10.5. The Morgan fingerprint density at radius 1 is 1.20 bits per heavy atom. The number of hydrogen-bond acceptors (Lipinski definition) is 2. The maximum Gasteiger partial charge on any atom is 0.0224 e. The molecule has 15 heavy (non-hydrogen) atoms. The van der Waals surface area contributed by atoms with E-state index in [-0.39, 0.29) is 0 Å². The average Bonchev–Trinajstić information content (AvgIpc) is 2.71. The highest BCUT2D eigenvalue weighted by atomic mass is 15.2. The molecule has 88 valence electrons. The lowest BCUT2D eigenvalue weighted by Crippen LogP contribution is -2.46. The number of nitrogens with one attached hydrogen (secondary N) is 1. The molecule has 0 aromatic heterocycles. The molecule has 2 rings (SSSR count). The van der Waals surface area contributed by atoms with Gasteiger partial charge in [0.1, 0.15) is 0 Å². The standard InChI is InChI=1S/C13H26N2/c1-2-3-4-5-9-15-10-7-12-6-8-14-13(12)11-15/h12-14H,2-11H2,1H3/t12-,13+/m0/s1. The molecule has 0 unspecified atom stereocenters. The summed E-state index contributed by atoms with van der Waals surface area (Å²) >= 11 is 0. The second kappa shape index (κ2) is 5.86. The van der Waals surface area contributed by atoms with Crippen LogP contribution in [0.1, 0.15) is 45.4 Å². The van der Waals surface area contributed by atoms with Crippen molar-refractivity contribution in [1.82, 2.24) is 10.2 Å². The van der Waals surface area contributed by atoms with Gasteiger partial charge in [-0.2, -0.15) is 0 Å². The van der Waals surface area contributed by atoms with Gasteiger partial charge < -0.3 is 10.2 Å². The summed E-state index contributed by atoms with van der Waals surface area (Å²) in [5, 5.41) is 3.65. The van der Waals surface area contributed by atoms with Gasteiger partial charge in [0.2, 0.25) is 0 Å². The molecule has 0 bridgehead atoms. The molecule has 2 heterocycles. The zero-order valence-electron chi connectivity index (χ0n) is 10.2. The van der Waals surface area contributed by atoms with Crippen molar-refractivity contribution in [2.75, 3.05) is 26.2 Å². The monoisotopic (exact) mass is 210 g/mol. The van der Waals surface area contributed by atoms with Crippen molar-refractivity contribution in [2.24, 2.45) is 5.92 Å². The topological polar surface area (TPSA) is 15.3 Å². The van der Waals surface area contributed by atoms with Crippen molar-refractivity contribution >= 4 is 0 Å². The predicted octanol–water partition coefficient (Wildman–Crippen LogP) is 2.25. The molecule has 2 aliphatic rings. The molecule has 0 aromatic carbocycles. The van der Waals surface area contributed by atoms with E-state index >= 15 is 0 Å². The van der Waals surface area contributed by atoms with Gasteiger partial charge in [0.05, 0.1) is 0 Å². The van der Waals surface area contributed by atoms with E-state index in [1.807, 2.05) is 0 Å². The van der Waals surface area contributed by atoms with Gasteiger partial charge >= 0.3 is 0 Å². The Kier molecular flexibility index (Phi) is 4.45. The van der Waals surface area contributed by atoms with E-state index in [9.17, 15) is 0 Å². The van der Waals surface area contributed by atoms with Crippen molar-refractivity contribution in [3.63, 3.8) is 0 Å². The van der Waals surface area contributed by atoms with Crippen LogP contribution < -0.4 is 5.32 Å². The quantitative estimate of drug-likeness (QED) is 0.700. The van der Waals surface area contributed by atoms with E-state index < -0.39 is 0 Å². The number of rotatable bonds is 5. The third-order valence-electron chi connectivity index (χ3n) is 4.09. The number of likely N-dealkylation sites (tertiary alicyclic amines) is 1. The lowest BCUT2D eigenvalue weighted by Gasteiger charge is -2.34. The van der Waals surface area contributed by atoms with Crippen LogP contribution in [-0.2, 0) is 0 Å². The summed E-state index contributed by atoms with van der Waals surface area (Å²) in [6.45, 7) is 7.56. The van der Waals surface area contributed by atoms with Gasteiger partial charge in [-0.3, -0.25) is 0 Å². The second-order valence-corrected chi connectivity index (χ2v) is 5.26. The van der Waals surface area contributed by atoms with E-state index in [0.717, 1.165) is 12.0 Å². The minimum Gasteiger partial charge on any atom is -0.312 e. The first-order valence-electron chi connectivity index (χ1n) is 6.86. The molecule has 0 spiro atoms. The van der Waals surface area contributed by atoms with Crippen molar-refractivity contribution in [1.29, 1.82) is 0 Å². The van der Waals surface area contributed by atoms with Crippen molar-refractivity contribution in [2.45, 2.75) is 51.5 Å². The fraction of sp³-hybridized carbons (Fsp3) is 1.00. The van der Waals surface area contributed by atoms with Crippen LogP contribution in [0.2, 0.25) is 0 Å². The summed E-state index contributed by atoms with van der Waals surface area (Å²) in [6, 6.07) is 0.824. The highest BCUT2D eigenvalue weighted by molar-refractivity contribution is 4.90. The summed E-state index contributed by atoms with van der Waals surface area (Å²) in [7, 11) is 0. The number of fused-ring (bicyclic) bond motifs is 1. The largest absolute Gasteiger partial charge is 0.312 e. The van der Waals surface area contributed by atoms with Gasteiger partial charge in [-0.05, 0) is 44.8 Å². The first-order valence-corrected chi connectivity index (χ1v) is 6.86. The number of piperidine rings is 1. The fourth-order valence-electron chi connectivity index (χ4n) is 3.06. The van der Waals surface area contributed by atoms with Crippen LogP contribution in [0.15, 0.2) is 0 Å². The van der Waals surface area contributed by atoms with Gasteiger partial charge in [-0.15, -0.1) is 0 Å². The molecule has 2 saturated heterocycles. The maximum absolute atomic E-state index is 3.65. The van der Waals surface area contributed by atoms with Gasteiger partial charge in [0, 0.05) is 12.6 Å². The van der Waals surface area contributed by atoms with Crippen molar-refractivity contribution < 1.29 is 0 Å². The summed E-state index contributed by atoms with van der Waals surface area (Å²) in [4.78, 5) is 2.68. The Morgan fingerprint density at radius 3 is 3.00 bits per heavy atom. The minimum atomic E-state index is 0.824. The van der Waals surface area contributed by atoms with Gasteiger partial charge in [0.15, 0.2) is 0 Å². The van der Waals surface area contributed by atoms with E-state index in [0.29, 0.717) is 0 Å². The number of unbranched alkanes of at least 4 members (excludes halogenated alkanes) is 3. The highest BCUT2D eigenvalue weighted by Gasteiger charge is 2.31. The maximum atomic E-state index is 3.65. The lowest BCUT2D eigenvalue weighted by atomic mass is 9.92. The molecular formula is C13H26N2. The van der Waals surface area contributed by atoms with Crippen LogP contribution in [0, 0.1) is 5.92 Å². The molecule has 2 heteroatoms. The molecule has 0 radical (unpaired) electrons. The minimum absolute atomic E-state index is 0.824. The SMILES string of the molecule is CCCCCCN1CC[C@@H]2CCN[C@@H]2C1. The van der Waals surface area contributed by atoms with Crippen LogP contribution in [0.25, 0.3) is 0 Å². The summed E-state index contributed by atoms with van der Waals surface area (Å²) in [5.74, 6) is 0.997. The molecular weight excluding hydrogens is 184 g/mol. The first kappa shape index (κ1) is 11.4. The van der Waals surface area contributed by atoms with E-state index in [2.05, 4.69) is 17.1 Å². The van der Waals surface area contributed by atoms with E-state index in [4.69, 9.17) is 0 Å². The number of hydrogen-bond donors (Lipinski definition) is 1.